The van der Waals surface area contributed by atoms with E-state index in [0.29, 0.717) is 26.1 Å². The molecule has 0 saturated carbocycles. The van der Waals surface area contributed by atoms with Gasteiger partial charge in [-0.05, 0) is 25.7 Å². The zero-order chi connectivity index (χ0) is 23.5. The van der Waals surface area contributed by atoms with E-state index >= 15 is 0 Å². The van der Waals surface area contributed by atoms with Gasteiger partial charge < -0.3 is 9.47 Å². The molecule has 190 valence electrons. The summed E-state index contributed by atoms with van der Waals surface area (Å²) in [6.07, 6.45) is 24.9. The average Bonchev–Trinajstić information content (AvgIpc) is 2.79. The van der Waals surface area contributed by atoms with E-state index < -0.39 is 0 Å². The molecule has 0 radical (unpaired) electrons. The van der Waals surface area contributed by atoms with Crippen LogP contribution < -0.4 is 0 Å². The van der Waals surface area contributed by atoms with Gasteiger partial charge in [0.1, 0.15) is 0 Å². The molecule has 0 atom stereocenters. The quantitative estimate of drug-likeness (QED) is 0.102. The van der Waals surface area contributed by atoms with Crippen LogP contribution in [0.5, 0.6) is 0 Å². The molecule has 0 unspecified atom stereocenters. The van der Waals surface area contributed by atoms with Gasteiger partial charge in [-0.25, -0.2) is 0 Å². The summed E-state index contributed by atoms with van der Waals surface area (Å²) in [4.78, 5) is 23.4. The molecule has 0 heterocycles. The lowest BCUT2D eigenvalue weighted by Crippen LogP contribution is -2.07. The smallest absolute Gasteiger partial charge is 0.305 e. The Balaban J connectivity index is 3.26. The minimum atomic E-state index is -0.102. The first-order chi connectivity index (χ1) is 15.7. The molecule has 0 N–H and O–H groups in total. The highest BCUT2D eigenvalue weighted by Gasteiger charge is 2.05. The topological polar surface area (TPSA) is 52.6 Å². The third-order valence-corrected chi connectivity index (χ3v) is 6.03. The standard InChI is InChI=1S/C28H54O4/c1-3-5-7-9-10-11-12-13-14-15-17-22-26-32-28(30)24-20-18-19-23-27(29)31-25-21-16-8-6-4-2/h3-26H2,1-2H3. The number of carbonyl (C=O) groups is 2. The molecule has 0 bridgehead atoms. The van der Waals surface area contributed by atoms with Crippen LogP contribution in [-0.2, 0) is 19.1 Å². The van der Waals surface area contributed by atoms with E-state index in [1.807, 2.05) is 0 Å². The van der Waals surface area contributed by atoms with Gasteiger partial charge in [0.2, 0.25) is 0 Å². The van der Waals surface area contributed by atoms with Gasteiger partial charge in [-0.1, -0.05) is 117 Å². The second kappa shape index (κ2) is 26.2. The Bertz CT molecular complexity index is 408. The van der Waals surface area contributed by atoms with Crippen molar-refractivity contribution in [3.8, 4) is 0 Å². The maximum atomic E-state index is 11.8. The molecule has 0 saturated heterocycles. The maximum absolute atomic E-state index is 11.8. The van der Waals surface area contributed by atoms with Crippen LogP contribution in [0.3, 0.4) is 0 Å². The van der Waals surface area contributed by atoms with Crippen LogP contribution in [-0.4, -0.2) is 25.2 Å². The number of esters is 2. The van der Waals surface area contributed by atoms with E-state index in [1.165, 1.54) is 83.5 Å². The first-order valence-corrected chi connectivity index (χ1v) is 14.0. The van der Waals surface area contributed by atoms with Crippen molar-refractivity contribution < 1.29 is 19.1 Å². The Hall–Kier alpha value is -1.06. The minimum Gasteiger partial charge on any atom is -0.466 e. The van der Waals surface area contributed by atoms with E-state index in [2.05, 4.69) is 13.8 Å². The number of carbonyl (C=O) groups excluding carboxylic acids is 2. The van der Waals surface area contributed by atoms with E-state index in [-0.39, 0.29) is 11.9 Å². The first-order valence-electron chi connectivity index (χ1n) is 14.0. The summed E-state index contributed by atoms with van der Waals surface area (Å²) in [7, 11) is 0. The highest BCUT2D eigenvalue weighted by atomic mass is 16.5. The maximum Gasteiger partial charge on any atom is 0.305 e. The fourth-order valence-corrected chi connectivity index (χ4v) is 3.88. The summed E-state index contributed by atoms with van der Waals surface area (Å²) in [6.45, 7) is 5.57. The third kappa shape index (κ3) is 25.2. The molecule has 32 heavy (non-hydrogen) atoms. The van der Waals surface area contributed by atoms with Gasteiger partial charge in [0.15, 0.2) is 0 Å². The van der Waals surface area contributed by atoms with Crippen LogP contribution in [0.2, 0.25) is 0 Å². The monoisotopic (exact) mass is 454 g/mol. The number of unbranched alkanes of at least 4 members (excludes halogenated alkanes) is 17. The average molecular weight is 455 g/mol. The zero-order valence-corrected chi connectivity index (χ0v) is 21.6. The fraction of sp³-hybridized carbons (Fsp3) is 0.929. The molecular formula is C28H54O4. The van der Waals surface area contributed by atoms with Gasteiger partial charge >= 0.3 is 11.9 Å². The predicted molar refractivity (Wildman–Crippen MR) is 135 cm³/mol. The summed E-state index contributed by atoms with van der Waals surface area (Å²) in [5.74, 6) is -0.197. The molecular weight excluding hydrogens is 400 g/mol. The van der Waals surface area contributed by atoms with E-state index in [0.717, 1.165) is 44.9 Å². The van der Waals surface area contributed by atoms with E-state index in [4.69, 9.17) is 9.47 Å². The summed E-state index contributed by atoms with van der Waals surface area (Å²) in [5, 5.41) is 0. The van der Waals surface area contributed by atoms with Crippen LogP contribution in [0.4, 0.5) is 0 Å². The largest absolute Gasteiger partial charge is 0.466 e. The highest BCUT2D eigenvalue weighted by molar-refractivity contribution is 5.69. The normalized spacial score (nSPS) is 10.9. The summed E-state index contributed by atoms with van der Waals surface area (Å²) >= 11 is 0. The Morgan fingerprint density at radius 2 is 0.688 bits per heavy atom. The Kier molecular flexibility index (Phi) is 25.3. The molecule has 0 aromatic carbocycles. The molecule has 0 aliphatic carbocycles. The summed E-state index contributed by atoms with van der Waals surface area (Å²) in [6, 6.07) is 0. The van der Waals surface area contributed by atoms with Crippen molar-refractivity contribution in [3.05, 3.63) is 0 Å². The zero-order valence-electron chi connectivity index (χ0n) is 21.6. The van der Waals surface area contributed by atoms with Crippen molar-refractivity contribution in [2.45, 2.75) is 155 Å². The van der Waals surface area contributed by atoms with Crippen LogP contribution in [0.15, 0.2) is 0 Å². The molecule has 0 aliphatic heterocycles. The van der Waals surface area contributed by atoms with Crippen molar-refractivity contribution in [2.24, 2.45) is 0 Å². The SMILES string of the molecule is CCCCCCCCCCCCCCOC(=O)CCCCCC(=O)OCCCCCCC. The number of hydrogen-bond acceptors (Lipinski definition) is 4. The molecule has 0 fully saturated rings. The second-order valence-corrected chi connectivity index (χ2v) is 9.30. The van der Waals surface area contributed by atoms with Gasteiger partial charge in [0.25, 0.3) is 0 Å². The van der Waals surface area contributed by atoms with Gasteiger partial charge in [-0.3, -0.25) is 9.59 Å². The Morgan fingerprint density at radius 1 is 0.406 bits per heavy atom. The second-order valence-electron chi connectivity index (χ2n) is 9.30. The van der Waals surface area contributed by atoms with Crippen LogP contribution in [0.1, 0.15) is 155 Å². The lowest BCUT2D eigenvalue weighted by Gasteiger charge is -2.06. The molecule has 4 nitrogen and oxygen atoms in total. The fourth-order valence-electron chi connectivity index (χ4n) is 3.88. The predicted octanol–water partition coefficient (Wildman–Crippen LogP) is 8.69. The van der Waals surface area contributed by atoms with Crippen molar-refractivity contribution in [1.82, 2.24) is 0 Å². The van der Waals surface area contributed by atoms with Gasteiger partial charge in [-0.2, -0.15) is 0 Å². The Labute approximate surface area is 199 Å². The molecule has 0 aliphatic rings. The van der Waals surface area contributed by atoms with Gasteiger partial charge in [-0.15, -0.1) is 0 Å². The first kappa shape index (κ1) is 30.9. The van der Waals surface area contributed by atoms with Crippen LogP contribution >= 0.6 is 0 Å². The molecule has 0 aromatic rings. The number of rotatable bonds is 25. The molecule has 0 rings (SSSR count). The van der Waals surface area contributed by atoms with Crippen molar-refractivity contribution in [3.63, 3.8) is 0 Å². The Morgan fingerprint density at radius 3 is 1.03 bits per heavy atom. The third-order valence-electron chi connectivity index (χ3n) is 6.03. The lowest BCUT2D eigenvalue weighted by molar-refractivity contribution is -0.144. The lowest BCUT2D eigenvalue weighted by atomic mass is 10.1. The molecule has 4 heteroatoms. The molecule has 0 spiro atoms. The van der Waals surface area contributed by atoms with Gasteiger partial charge in [0.05, 0.1) is 13.2 Å². The van der Waals surface area contributed by atoms with E-state index in [9.17, 15) is 9.59 Å². The van der Waals surface area contributed by atoms with Crippen molar-refractivity contribution >= 4 is 11.9 Å². The molecule has 0 aromatic heterocycles. The van der Waals surface area contributed by atoms with E-state index in [1.54, 1.807) is 0 Å². The van der Waals surface area contributed by atoms with Crippen molar-refractivity contribution in [1.29, 1.82) is 0 Å². The number of hydrogen-bond donors (Lipinski definition) is 0. The van der Waals surface area contributed by atoms with Gasteiger partial charge in [0, 0.05) is 12.8 Å². The minimum absolute atomic E-state index is 0.0947. The van der Waals surface area contributed by atoms with Crippen molar-refractivity contribution in [2.75, 3.05) is 13.2 Å². The summed E-state index contributed by atoms with van der Waals surface area (Å²) in [5.41, 5.74) is 0. The number of ether oxygens (including phenoxy) is 2. The molecule has 0 amide bonds. The van der Waals surface area contributed by atoms with Crippen LogP contribution in [0, 0.1) is 0 Å². The summed E-state index contributed by atoms with van der Waals surface area (Å²) < 4.78 is 10.6. The van der Waals surface area contributed by atoms with Crippen LogP contribution in [0.25, 0.3) is 0 Å². The highest BCUT2D eigenvalue weighted by Crippen LogP contribution is 2.12.